The first-order valence-electron chi connectivity index (χ1n) is 3.35. The number of amides is 1. The molecule has 0 spiro atoms. The molecule has 0 aliphatic rings. The van der Waals surface area contributed by atoms with Gasteiger partial charge in [-0.2, -0.15) is 0 Å². The van der Waals surface area contributed by atoms with E-state index in [0.29, 0.717) is 11.0 Å². The molecule has 1 aromatic rings. The Morgan fingerprint density at radius 1 is 1.67 bits per heavy atom. The van der Waals surface area contributed by atoms with Crippen LogP contribution < -0.4 is 11.1 Å². The summed E-state index contributed by atoms with van der Waals surface area (Å²) in [6.45, 7) is -0.0613. The maximum atomic E-state index is 10.8. The molecule has 0 saturated heterocycles. The molecule has 1 aromatic heterocycles. The van der Waals surface area contributed by atoms with Crippen molar-refractivity contribution in [2.75, 3.05) is 11.9 Å². The lowest BCUT2D eigenvalue weighted by Crippen LogP contribution is -2.22. The summed E-state index contributed by atoms with van der Waals surface area (Å²) in [5.41, 5.74) is 5.09. The number of hydrogen-bond donors (Lipinski definition) is 2. The fourth-order valence-corrected chi connectivity index (χ4v) is 0.836. The van der Waals surface area contributed by atoms with Crippen molar-refractivity contribution in [3.63, 3.8) is 0 Å². The molecule has 0 aliphatic heterocycles. The lowest BCUT2D eigenvalue weighted by Gasteiger charge is -2.01. The molecular formula is C7H8ClN3O. The van der Waals surface area contributed by atoms with Crippen LogP contribution in [0.15, 0.2) is 18.2 Å². The number of halogens is 1. The van der Waals surface area contributed by atoms with Crippen molar-refractivity contribution in [1.29, 1.82) is 0 Å². The number of aromatic nitrogens is 1. The Morgan fingerprint density at radius 2 is 2.42 bits per heavy atom. The highest BCUT2D eigenvalue weighted by atomic mass is 35.5. The highest BCUT2D eigenvalue weighted by Crippen LogP contribution is 2.08. The molecule has 0 aromatic carbocycles. The fourth-order valence-electron chi connectivity index (χ4n) is 0.672. The molecule has 0 fully saturated rings. The Morgan fingerprint density at radius 3 is 3.00 bits per heavy atom. The van der Waals surface area contributed by atoms with E-state index in [-0.39, 0.29) is 12.5 Å². The molecule has 4 nitrogen and oxygen atoms in total. The largest absolute Gasteiger partial charge is 0.322 e. The minimum Gasteiger partial charge on any atom is -0.322 e. The number of nitrogens with two attached hydrogens (primary N) is 1. The summed E-state index contributed by atoms with van der Waals surface area (Å²) >= 11 is 5.58. The first-order valence-corrected chi connectivity index (χ1v) is 3.72. The number of anilines is 1. The van der Waals surface area contributed by atoms with Gasteiger partial charge in [-0.25, -0.2) is 4.98 Å². The van der Waals surface area contributed by atoms with E-state index in [1.54, 1.807) is 18.2 Å². The van der Waals surface area contributed by atoms with Crippen LogP contribution in [0.25, 0.3) is 0 Å². The topological polar surface area (TPSA) is 68.0 Å². The average molecular weight is 186 g/mol. The third-order valence-corrected chi connectivity index (χ3v) is 1.38. The second-order valence-corrected chi connectivity index (χ2v) is 2.49. The highest BCUT2D eigenvalue weighted by Gasteiger charge is 1.99. The van der Waals surface area contributed by atoms with Gasteiger partial charge in [-0.05, 0) is 12.1 Å². The van der Waals surface area contributed by atoms with E-state index >= 15 is 0 Å². The summed E-state index contributed by atoms with van der Waals surface area (Å²) in [4.78, 5) is 14.6. The van der Waals surface area contributed by atoms with E-state index in [2.05, 4.69) is 10.3 Å². The van der Waals surface area contributed by atoms with Gasteiger partial charge in [0.05, 0.1) is 6.54 Å². The third-order valence-electron chi connectivity index (χ3n) is 1.17. The third kappa shape index (κ3) is 2.48. The Balaban J connectivity index is 2.69. The summed E-state index contributed by atoms with van der Waals surface area (Å²) in [5, 5.41) is 2.81. The standard InChI is InChI=1S/C7H8ClN3O/c8-5-2-1-3-6(10-5)11-7(12)4-9/h1-3H,4,9H2,(H,10,11,12). The first kappa shape index (κ1) is 8.96. The SMILES string of the molecule is NCC(=O)Nc1cccc(Cl)n1. The molecule has 0 bridgehead atoms. The lowest BCUT2D eigenvalue weighted by molar-refractivity contribution is -0.114. The second kappa shape index (κ2) is 4.04. The maximum absolute atomic E-state index is 10.8. The van der Waals surface area contributed by atoms with Gasteiger partial charge in [-0.15, -0.1) is 0 Å². The Labute approximate surface area is 74.7 Å². The zero-order chi connectivity index (χ0) is 8.97. The van der Waals surface area contributed by atoms with E-state index in [9.17, 15) is 4.79 Å². The first-order chi connectivity index (χ1) is 5.72. The number of pyridine rings is 1. The molecule has 12 heavy (non-hydrogen) atoms. The molecule has 0 saturated carbocycles. The van der Waals surface area contributed by atoms with E-state index in [1.165, 1.54) is 0 Å². The van der Waals surface area contributed by atoms with Gasteiger partial charge in [0.2, 0.25) is 5.91 Å². The summed E-state index contributed by atoms with van der Waals surface area (Å²) in [7, 11) is 0. The Bertz CT molecular complexity index is 290. The van der Waals surface area contributed by atoms with Gasteiger partial charge < -0.3 is 11.1 Å². The van der Waals surface area contributed by atoms with Crippen LogP contribution in [-0.4, -0.2) is 17.4 Å². The number of rotatable bonds is 2. The average Bonchev–Trinajstić information content (AvgIpc) is 2.04. The molecular weight excluding hydrogens is 178 g/mol. The van der Waals surface area contributed by atoms with Crippen LogP contribution in [0.2, 0.25) is 5.15 Å². The quantitative estimate of drug-likeness (QED) is 0.665. The van der Waals surface area contributed by atoms with Gasteiger partial charge in [-0.3, -0.25) is 4.79 Å². The Hall–Kier alpha value is -1.13. The number of nitrogens with one attached hydrogen (secondary N) is 1. The summed E-state index contributed by atoms with van der Waals surface area (Å²) in [6, 6.07) is 4.96. The van der Waals surface area contributed by atoms with Crippen molar-refractivity contribution in [1.82, 2.24) is 4.98 Å². The van der Waals surface area contributed by atoms with Crippen LogP contribution >= 0.6 is 11.6 Å². The lowest BCUT2D eigenvalue weighted by atomic mass is 10.4. The molecule has 1 heterocycles. The van der Waals surface area contributed by atoms with Crippen molar-refractivity contribution < 1.29 is 4.79 Å². The maximum Gasteiger partial charge on any atom is 0.239 e. The van der Waals surface area contributed by atoms with Crippen LogP contribution in [0.4, 0.5) is 5.82 Å². The molecule has 0 atom stereocenters. The molecule has 5 heteroatoms. The van der Waals surface area contributed by atoms with Crippen molar-refractivity contribution >= 4 is 23.3 Å². The van der Waals surface area contributed by atoms with Crippen molar-refractivity contribution in [2.45, 2.75) is 0 Å². The summed E-state index contributed by atoms with van der Waals surface area (Å²) in [5.74, 6) is 0.128. The predicted molar refractivity (Wildman–Crippen MR) is 46.9 cm³/mol. The highest BCUT2D eigenvalue weighted by molar-refractivity contribution is 6.29. The smallest absolute Gasteiger partial charge is 0.239 e. The van der Waals surface area contributed by atoms with Gasteiger partial charge in [0.25, 0.3) is 0 Å². The van der Waals surface area contributed by atoms with Crippen molar-refractivity contribution in [2.24, 2.45) is 5.73 Å². The Kier molecular flexibility index (Phi) is 3.01. The zero-order valence-corrected chi connectivity index (χ0v) is 7.01. The molecule has 0 aliphatic carbocycles. The van der Waals surface area contributed by atoms with E-state index in [4.69, 9.17) is 17.3 Å². The number of hydrogen-bond acceptors (Lipinski definition) is 3. The molecule has 1 rings (SSSR count). The monoisotopic (exact) mass is 185 g/mol. The van der Waals surface area contributed by atoms with Crippen LogP contribution in [0, 0.1) is 0 Å². The predicted octanol–water partition coefficient (Wildman–Crippen LogP) is 0.632. The molecule has 0 unspecified atom stereocenters. The van der Waals surface area contributed by atoms with Crippen molar-refractivity contribution in [3.05, 3.63) is 23.4 Å². The van der Waals surface area contributed by atoms with E-state index in [1.807, 2.05) is 0 Å². The normalized spacial score (nSPS) is 9.50. The number of carbonyl (C=O) groups is 1. The zero-order valence-electron chi connectivity index (χ0n) is 6.25. The van der Waals surface area contributed by atoms with Crippen LogP contribution in [0.1, 0.15) is 0 Å². The number of carbonyl (C=O) groups excluding carboxylic acids is 1. The number of nitrogens with zero attached hydrogens (tertiary/aromatic N) is 1. The van der Waals surface area contributed by atoms with Crippen LogP contribution in [0.3, 0.4) is 0 Å². The minimum atomic E-state index is -0.287. The summed E-state index contributed by atoms with van der Waals surface area (Å²) in [6.07, 6.45) is 0. The van der Waals surface area contributed by atoms with Gasteiger partial charge in [-0.1, -0.05) is 17.7 Å². The second-order valence-electron chi connectivity index (χ2n) is 2.10. The van der Waals surface area contributed by atoms with Gasteiger partial charge in [0.1, 0.15) is 11.0 Å². The van der Waals surface area contributed by atoms with Crippen LogP contribution in [0.5, 0.6) is 0 Å². The van der Waals surface area contributed by atoms with Crippen molar-refractivity contribution in [3.8, 4) is 0 Å². The van der Waals surface area contributed by atoms with Gasteiger partial charge in [0.15, 0.2) is 0 Å². The van der Waals surface area contributed by atoms with Gasteiger partial charge in [0, 0.05) is 0 Å². The van der Waals surface area contributed by atoms with Gasteiger partial charge >= 0.3 is 0 Å². The minimum absolute atomic E-state index is 0.0613. The molecule has 3 N–H and O–H groups in total. The van der Waals surface area contributed by atoms with E-state index in [0.717, 1.165) is 0 Å². The fraction of sp³-hybridized carbons (Fsp3) is 0.143. The molecule has 0 radical (unpaired) electrons. The van der Waals surface area contributed by atoms with E-state index < -0.39 is 0 Å². The molecule has 64 valence electrons. The summed E-state index contributed by atoms with van der Waals surface area (Å²) < 4.78 is 0. The van der Waals surface area contributed by atoms with Crippen LogP contribution in [-0.2, 0) is 4.79 Å². The molecule has 1 amide bonds.